The van der Waals surface area contributed by atoms with E-state index in [1.54, 1.807) is 0 Å². The first-order chi connectivity index (χ1) is 6.79. The average molecular weight is 218 g/mol. The van der Waals surface area contributed by atoms with Gasteiger partial charge in [-0.25, -0.2) is 0 Å². The minimum absolute atomic E-state index is 0.229. The fraction of sp³-hybridized carbons (Fsp3) is 0.909. The molecule has 0 radical (unpaired) electrons. The molecule has 1 rings (SSSR count). The van der Waals surface area contributed by atoms with E-state index in [0.29, 0.717) is 24.1 Å². The van der Waals surface area contributed by atoms with Crippen LogP contribution in [0.4, 0.5) is 0 Å². The molecule has 1 aliphatic carbocycles. The topological polar surface area (TPSA) is 43.1 Å². The van der Waals surface area contributed by atoms with Gasteiger partial charge in [-0.05, 0) is 38.1 Å². The second-order valence-corrected chi connectivity index (χ2v) is 4.47. The standard InChI is InChI=1S/C11H20ClNO/c12-8-9(4-3-7-13)10-5-1-2-6-11(10)14/h9-10H,1-8,13H2. The lowest BCUT2D eigenvalue weighted by Crippen LogP contribution is -2.28. The number of alkyl halides is 1. The number of rotatable bonds is 5. The lowest BCUT2D eigenvalue weighted by Gasteiger charge is -2.27. The van der Waals surface area contributed by atoms with Crippen LogP contribution in [-0.4, -0.2) is 18.2 Å². The summed E-state index contributed by atoms with van der Waals surface area (Å²) in [6.07, 6.45) is 6.06. The van der Waals surface area contributed by atoms with Crippen LogP contribution in [0, 0.1) is 11.8 Å². The molecule has 0 spiro atoms. The first-order valence-corrected chi connectivity index (χ1v) is 6.11. The van der Waals surface area contributed by atoms with Crippen LogP contribution in [0.3, 0.4) is 0 Å². The molecule has 0 aliphatic heterocycles. The maximum atomic E-state index is 11.7. The molecule has 1 fully saturated rings. The van der Waals surface area contributed by atoms with Gasteiger partial charge in [-0.3, -0.25) is 4.79 Å². The van der Waals surface area contributed by atoms with Gasteiger partial charge in [-0.2, -0.15) is 0 Å². The summed E-state index contributed by atoms with van der Waals surface area (Å²) in [5.74, 6) is 1.64. The van der Waals surface area contributed by atoms with Crippen LogP contribution in [0.15, 0.2) is 0 Å². The van der Waals surface area contributed by atoms with Crippen LogP contribution in [0.5, 0.6) is 0 Å². The van der Waals surface area contributed by atoms with Gasteiger partial charge in [-0.1, -0.05) is 6.42 Å². The second-order valence-electron chi connectivity index (χ2n) is 4.16. The van der Waals surface area contributed by atoms with Gasteiger partial charge >= 0.3 is 0 Å². The van der Waals surface area contributed by atoms with Crippen LogP contribution in [0.2, 0.25) is 0 Å². The third-order valence-corrected chi connectivity index (χ3v) is 3.54. The molecule has 1 saturated carbocycles. The molecule has 2 N–H and O–H groups in total. The maximum absolute atomic E-state index is 11.7. The third-order valence-electron chi connectivity index (χ3n) is 3.15. The molecule has 82 valence electrons. The van der Waals surface area contributed by atoms with Crippen molar-refractivity contribution < 1.29 is 4.79 Å². The second kappa shape index (κ2) is 6.41. The van der Waals surface area contributed by atoms with Gasteiger partial charge in [0.15, 0.2) is 0 Å². The van der Waals surface area contributed by atoms with Crippen molar-refractivity contribution in [3.05, 3.63) is 0 Å². The Morgan fingerprint density at radius 1 is 1.50 bits per heavy atom. The van der Waals surface area contributed by atoms with Crippen molar-refractivity contribution in [3.63, 3.8) is 0 Å². The van der Waals surface area contributed by atoms with Crippen LogP contribution < -0.4 is 5.73 Å². The SMILES string of the molecule is NCCCC(CCl)C1CCCCC1=O. The molecule has 14 heavy (non-hydrogen) atoms. The van der Waals surface area contributed by atoms with Gasteiger partial charge < -0.3 is 5.73 Å². The predicted octanol–water partition coefficient (Wildman–Crippen LogP) is 2.34. The minimum atomic E-state index is 0.229. The van der Waals surface area contributed by atoms with Crippen LogP contribution >= 0.6 is 11.6 Å². The Balaban J connectivity index is 2.44. The fourth-order valence-corrected chi connectivity index (χ4v) is 2.64. The van der Waals surface area contributed by atoms with Crippen LogP contribution in [0.25, 0.3) is 0 Å². The van der Waals surface area contributed by atoms with Crippen molar-refractivity contribution in [2.24, 2.45) is 17.6 Å². The quantitative estimate of drug-likeness (QED) is 0.719. The molecule has 0 heterocycles. The van der Waals surface area contributed by atoms with E-state index in [1.807, 2.05) is 0 Å². The van der Waals surface area contributed by atoms with Gasteiger partial charge in [0.1, 0.15) is 5.78 Å². The third kappa shape index (κ3) is 3.25. The Labute approximate surface area is 91.2 Å². The van der Waals surface area contributed by atoms with E-state index < -0.39 is 0 Å². The van der Waals surface area contributed by atoms with E-state index in [4.69, 9.17) is 17.3 Å². The van der Waals surface area contributed by atoms with Gasteiger partial charge in [-0.15, -0.1) is 11.6 Å². The normalized spacial score (nSPS) is 25.0. The Bertz CT molecular complexity index is 184. The van der Waals surface area contributed by atoms with E-state index in [2.05, 4.69) is 0 Å². The zero-order chi connectivity index (χ0) is 10.4. The monoisotopic (exact) mass is 217 g/mol. The van der Waals surface area contributed by atoms with Gasteiger partial charge in [0.25, 0.3) is 0 Å². The fourth-order valence-electron chi connectivity index (χ4n) is 2.27. The number of carbonyl (C=O) groups excluding carboxylic acids is 1. The molecule has 0 aromatic carbocycles. The zero-order valence-electron chi connectivity index (χ0n) is 8.68. The number of Topliss-reactive ketones (excluding diaryl/α,β-unsaturated/α-hetero) is 1. The van der Waals surface area contributed by atoms with Crippen LogP contribution in [0.1, 0.15) is 38.5 Å². The van der Waals surface area contributed by atoms with E-state index in [0.717, 1.165) is 32.1 Å². The smallest absolute Gasteiger partial charge is 0.136 e. The molecule has 0 aromatic heterocycles. The van der Waals surface area contributed by atoms with Crippen molar-refractivity contribution in [3.8, 4) is 0 Å². The highest BCUT2D eigenvalue weighted by Crippen LogP contribution is 2.30. The van der Waals surface area contributed by atoms with Crippen molar-refractivity contribution in [2.45, 2.75) is 38.5 Å². The Hall–Kier alpha value is -0.0800. The van der Waals surface area contributed by atoms with Crippen molar-refractivity contribution >= 4 is 17.4 Å². The lowest BCUT2D eigenvalue weighted by atomic mass is 9.78. The average Bonchev–Trinajstić information content (AvgIpc) is 2.21. The van der Waals surface area contributed by atoms with Crippen LogP contribution in [-0.2, 0) is 4.79 Å². The van der Waals surface area contributed by atoms with Crippen molar-refractivity contribution in [1.82, 2.24) is 0 Å². The molecular formula is C11H20ClNO. The number of hydrogen-bond donors (Lipinski definition) is 1. The minimum Gasteiger partial charge on any atom is -0.330 e. The molecule has 2 unspecified atom stereocenters. The number of halogens is 1. The zero-order valence-corrected chi connectivity index (χ0v) is 9.43. The molecular weight excluding hydrogens is 198 g/mol. The summed E-state index contributed by atoms with van der Waals surface area (Å²) in [6, 6.07) is 0. The van der Waals surface area contributed by atoms with E-state index in [-0.39, 0.29) is 5.92 Å². The lowest BCUT2D eigenvalue weighted by molar-refractivity contribution is -0.126. The molecule has 1 aliphatic rings. The summed E-state index contributed by atoms with van der Waals surface area (Å²) in [4.78, 5) is 11.7. The van der Waals surface area contributed by atoms with Crippen molar-refractivity contribution in [1.29, 1.82) is 0 Å². The summed E-state index contributed by atoms with van der Waals surface area (Å²) < 4.78 is 0. The van der Waals surface area contributed by atoms with Gasteiger partial charge in [0.05, 0.1) is 0 Å². The first-order valence-electron chi connectivity index (χ1n) is 5.58. The molecule has 2 atom stereocenters. The highest BCUT2D eigenvalue weighted by atomic mass is 35.5. The molecule has 0 bridgehead atoms. The molecule has 0 aromatic rings. The molecule has 0 saturated heterocycles. The van der Waals surface area contributed by atoms with Gasteiger partial charge in [0.2, 0.25) is 0 Å². The van der Waals surface area contributed by atoms with E-state index in [1.165, 1.54) is 6.42 Å². The Kier molecular flexibility index (Phi) is 5.49. The largest absolute Gasteiger partial charge is 0.330 e. The predicted molar refractivity (Wildman–Crippen MR) is 59.5 cm³/mol. The highest BCUT2D eigenvalue weighted by Gasteiger charge is 2.28. The molecule has 3 heteroatoms. The Morgan fingerprint density at radius 2 is 2.29 bits per heavy atom. The van der Waals surface area contributed by atoms with E-state index >= 15 is 0 Å². The highest BCUT2D eigenvalue weighted by molar-refractivity contribution is 6.18. The number of nitrogens with two attached hydrogens (primary N) is 1. The molecule has 2 nitrogen and oxygen atoms in total. The number of carbonyl (C=O) groups is 1. The van der Waals surface area contributed by atoms with Crippen molar-refractivity contribution in [2.75, 3.05) is 12.4 Å². The summed E-state index contributed by atoms with van der Waals surface area (Å²) in [7, 11) is 0. The number of hydrogen-bond acceptors (Lipinski definition) is 2. The Morgan fingerprint density at radius 3 is 2.86 bits per heavy atom. The molecule has 0 amide bonds. The summed E-state index contributed by atoms with van der Waals surface area (Å²) in [5, 5.41) is 0. The first kappa shape index (κ1) is 12.0. The summed E-state index contributed by atoms with van der Waals surface area (Å²) in [6.45, 7) is 0.703. The van der Waals surface area contributed by atoms with E-state index in [9.17, 15) is 4.79 Å². The summed E-state index contributed by atoms with van der Waals surface area (Å²) >= 11 is 5.91. The maximum Gasteiger partial charge on any atom is 0.136 e. The summed E-state index contributed by atoms with van der Waals surface area (Å²) in [5.41, 5.74) is 5.47. The number of ketones is 1. The van der Waals surface area contributed by atoms with Gasteiger partial charge in [0, 0.05) is 18.2 Å².